The minimum atomic E-state index is -2.01. The maximum atomic E-state index is 11.3. The molecule has 4 aromatic rings. The second-order valence-electron chi connectivity index (χ2n) is 9.09. The van der Waals surface area contributed by atoms with Gasteiger partial charge in [0.25, 0.3) is 0 Å². The van der Waals surface area contributed by atoms with Crippen LogP contribution < -0.4 is 0 Å². The lowest BCUT2D eigenvalue weighted by Crippen LogP contribution is -1.99. The van der Waals surface area contributed by atoms with Crippen LogP contribution in [0.15, 0.2) is 125 Å². The quantitative estimate of drug-likeness (QED) is 0.0676. The molecule has 0 fully saturated rings. The first-order valence-corrected chi connectivity index (χ1v) is 20.2. The molecule has 0 radical (unpaired) electrons. The van der Waals surface area contributed by atoms with Gasteiger partial charge in [-0.05, 0) is 37.6 Å². The van der Waals surface area contributed by atoms with E-state index in [0.717, 1.165) is 40.6 Å². The highest BCUT2D eigenvalue weighted by Crippen LogP contribution is 2.35. The SMILES string of the molecule is CC.CC.CP(C)(=O)COCCSc1ccccc1.O=Cc1ccc(SCCO)cc1.O=Cc1ccccc1.O=Cc1ccccc1. The van der Waals surface area contributed by atoms with Crippen molar-refractivity contribution in [3.05, 3.63) is 132 Å². The highest BCUT2D eigenvalue weighted by molar-refractivity contribution is 7.99. The maximum absolute atomic E-state index is 11.3. The molecule has 0 unspecified atom stereocenters. The van der Waals surface area contributed by atoms with Crippen LogP contribution >= 0.6 is 30.7 Å². The van der Waals surface area contributed by atoms with Crippen LogP contribution in [0.2, 0.25) is 0 Å². The number of hydrogen-bond donors (Lipinski definition) is 1. The van der Waals surface area contributed by atoms with Crippen LogP contribution in [0.25, 0.3) is 0 Å². The summed E-state index contributed by atoms with van der Waals surface area (Å²) >= 11 is 3.33. The van der Waals surface area contributed by atoms with E-state index >= 15 is 0 Å². The minimum Gasteiger partial charge on any atom is -0.396 e. The van der Waals surface area contributed by atoms with Gasteiger partial charge in [-0.15, -0.1) is 23.5 Å². The number of ether oxygens (including phenoxy) is 1. The Bertz CT molecular complexity index is 1270. The van der Waals surface area contributed by atoms with Crippen LogP contribution in [0.3, 0.4) is 0 Å². The summed E-state index contributed by atoms with van der Waals surface area (Å²) in [5.41, 5.74) is 2.14. The number of carbonyl (C=O) groups excluding carboxylic acids is 3. The number of aliphatic hydroxyl groups excluding tert-OH is 1. The summed E-state index contributed by atoms with van der Waals surface area (Å²) < 4.78 is 16.7. The smallest absolute Gasteiger partial charge is 0.150 e. The molecule has 0 heterocycles. The van der Waals surface area contributed by atoms with Gasteiger partial charge in [0.05, 0.1) is 19.6 Å². The molecule has 0 saturated carbocycles. The Morgan fingerprint density at radius 3 is 1.30 bits per heavy atom. The number of hydrogen-bond acceptors (Lipinski definition) is 8. The molecule has 4 rings (SSSR count). The Labute approximate surface area is 291 Å². The van der Waals surface area contributed by atoms with Crippen molar-refractivity contribution in [2.45, 2.75) is 37.5 Å². The van der Waals surface area contributed by atoms with Crippen LogP contribution in [0.5, 0.6) is 0 Å². The number of benzene rings is 4. The second kappa shape index (κ2) is 32.7. The lowest BCUT2D eigenvalue weighted by atomic mass is 10.2. The molecule has 0 saturated heterocycles. The molecule has 1 N–H and O–H groups in total. The first kappa shape index (κ1) is 45.9. The summed E-state index contributed by atoms with van der Waals surface area (Å²) in [7, 11) is -2.01. The van der Waals surface area contributed by atoms with E-state index in [2.05, 4.69) is 12.1 Å². The van der Waals surface area contributed by atoms with Crippen molar-refractivity contribution in [3.8, 4) is 0 Å². The van der Waals surface area contributed by atoms with E-state index in [1.54, 1.807) is 73.3 Å². The van der Waals surface area contributed by atoms with E-state index in [0.29, 0.717) is 24.3 Å². The van der Waals surface area contributed by atoms with Crippen LogP contribution in [0.1, 0.15) is 58.8 Å². The lowest BCUT2D eigenvalue weighted by molar-refractivity contribution is 0.111. The van der Waals surface area contributed by atoms with Crippen molar-refractivity contribution in [2.75, 3.05) is 44.4 Å². The van der Waals surface area contributed by atoms with Crippen LogP contribution in [0.4, 0.5) is 0 Å². The zero-order valence-electron chi connectivity index (χ0n) is 28.5. The van der Waals surface area contributed by atoms with Crippen molar-refractivity contribution in [1.29, 1.82) is 0 Å². The first-order valence-electron chi connectivity index (χ1n) is 15.4. The van der Waals surface area contributed by atoms with Gasteiger partial charge < -0.3 is 14.4 Å². The monoisotopic (exact) mass is 698 g/mol. The Morgan fingerprint density at radius 1 is 0.574 bits per heavy atom. The van der Waals surface area contributed by atoms with Gasteiger partial charge in [0.2, 0.25) is 0 Å². The summed E-state index contributed by atoms with van der Waals surface area (Å²) in [6.07, 6.45) is 2.88. The van der Waals surface area contributed by atoms with E-state index in [1.165, 1.54) is 4.90 Å². The fraction of sp³-hybridized carbons (Fsp3) is 0.289. The average molecular weight is 699 g/mol. The van der Waals surface area contributed by atoms with Gasteiger partial charge >= 0.3 is 0 Å². The Balaban J connectivity index is 0. The third kappa shape index (κ3) is 28.7. The van der Waals surface area contributed by atoms with E-state index in [4.69, 9.17) is 9.84 Å². The molecule has 0 spiro atoms. The van der Waals surface area contributed by atoms with Crippen molar-refractivity contribution in [3.63, 3.8) is 0 Å². The molecule has 256 valence electrons. The van der Waals surface area contributed by atoms with E-state index in [9.17, 15) is 18.9 Å². The fourth-order valence-corrected chi connectivity index (χ4v) is 4.90. The number of thioether (sulfide) groups is 2. The molecule has 6 nitrogen and oxygen atoms in total. The molecule has 47 heavy (non-hydrogen) atoms. The zero-order chi connectivity index (χ0) is 35.6. The average Bonchev–Trinajstić information content (AvgIpc) is 3.14. The summed E-state index contributed by atoms with van der Waals surface area (Å²) in [6.45, 7) is 12.3. The summed E-state index contributed by atoms with van der Waals surface area (Å²) in [4.78, 5) is 32.6. The number of aliphatic hydroxyl groups is 1. The predicted octanol–water partition coefficient (Wildman–Crippen LogP) is 10.0. The molecule has 4 aromatic carbocycles. The van der Waals surface area contributed by atoms with Gasteiger partial charge in [0.15, 0.2) is 0 Å². The predicted molar refractivity (Wildman–Crippen MR) is 203 cm³/mol. The molecular weight excluding hydrogens is 648 g/mol. The third-order valence-corrected chi connectivity index (χ3v) is 7.66. The first-order chi connectivity index (χ1) is 22.8. The molecule has 0 bridgehead atoms. The molecule has 0 aliphatic rings. The highest BCUT2D eigenvalue weighted by Gasteiger charge is 2.05. The van der Waals surface area contributed by atoms with Gasteiger partial charge in [-0.3, -0.25) is 14.4 Å². The van der Waals surface area contributed by atoms with Gasteiger partial charge in [-0.2, -0.15) is 0 Å². The lowest BCUT2D eigenvalue weighted by Gasteiger charge is -2.07. The standard InChI is InChI=1S/C11H17O2PS.C9H10O2S.2C7H6O.2C2H6/c1-14(2,12)10-13-8-9-15-11-6-4-3-5-7-11;10-5-6-12-9-3-1-8(7-11)2-4-9;2*8-6-7-4-2-1-3-5-7;2*1-2/h3-7H,8-10H2,1-2H3;1-4,7,10H,5-6H2;2*1-6H;2*1-2H3. The van der Waals surface area contributed by atoms with Gasteiger partial charge in [-0.1, -0.05) is 119 Å². The van der Waals surface area contributed by atoms with Gasteiger partial charge in [0.1, 0.15) is 26.0 Å². The Morgan fingerprint density at radius 2 is 0.936 bits per heavy atom. The minimum absolute atomic E-state index is 0.181. The normalized spacial score (nSPS) is 9.34. The summed E-state index contributed by atoms with van der Waals surface area (Å²) in [5.74, 6) is 1.60. The maximum Gasteiger partial charge on any atom is 0.150 e. The van der Waals surface area contributed by atoms with Crippen LogP contribution in [-0.4, -0.2) is 68.4 Å². The molecule has 0 amide bonds. The molecule has 0 atom stereocenters. The van der Waals surface area contributed by atoms with Crippen molar-refractivity contribution in [1.82, 2.24) is 0 Å². The van der Waals surface area contributed by atoms with E-state index in [-0.39, 0.29) is 6.61 Å². The largest absolute Gasteiger partial charge is 0.396 e. The number of carbonyl (C=O) groups is 3. The summed E-state index contributed by atoms with van der Waals surface area (Å²) in [5, 5.41) is 8.55. The molecular formula is C38H51O6PS2. The molecule has 0 aliphatic heterocycles. The van der Waals surface area contributed by atoms with Crippen molar-refractivity contribution < 1.29 is 28.8 Å². The van der Waals surface area contributed by atoms with Crippen molar-refractivity contribution >= 4 is 49.5 Å². The van der Waals surface area contributed by atoms with Crippen LogP contribution in [0, 0.1) is 0 Å². The Kier molecular flexibility index (Phi) is 31.9. The number of rotatable bonds is 12. The molecule has 0 aliphatic carbocycles. The van der Waals surface area contributed by atoms with Gasteiger partial charge in [0, 0.05) is 38.0 Å². The second-order valence-corrected chi connectivity index (χ2v) is 14.8. The van der Waals surface area contributed by atoms with Crippen molar-refractivity contribution in [2.24, 2.45) is 0 Å². The Hall–Kier alpha value is -3.26. The van der Waals surface area contributed by atoms with Gasteiger partial charge in [-0.25, -0.2) is 0 Å². The fourth-order valence-electron chi connectivity index (χ4n) is 2.89. The third-order valence-electron chi connectivity index (χ3n) is 4.89. The summed E-state index contributed by atoms with van der Waals surface area (Å²) in [6, 6.07) is 35.7. The topological polar surface area (TPSA) is 97.7 Å². The highest BCUT2D eigenvalue weighted by atomic mass is 32.2. The zero-order valence-corrected chi connectivity index (χ0v) is 31.0. The van der Waals surface area contributed by atoms with Crippen LogP contribution in [-0.2, 0) is 9.30 Å². The van der Waals surface area contributed by atoms with E-state index < -0.39 is 7.14 Å². The number of aldehydes is 3. The molecule has 0 aromatic heterocycles. The van der Waals surface area contributed by atoms with E-state index in [1.807, 2.05) is 94.4 Å². The molecule has 9 heteroatoms.